The van der Waals surface area contributed by atoms with E-state index < -0.39 is 6.04 Å². The van der Waals surface area contributed by atoms with Gasteiger partial charge in [0.25, 0.3) is 0 Å². The number of benzene rings is 2. The molecule has 0 aliphatic rings. The highest BCUT2D eigenvalue weighted by atomic mass is 35.5. The van der Waals surface area contributed by atoms with Crippen LogP contribution in [0.25, 0.3) is 0 Å². The molecule has 0 heterocycles. The number of anilines is 2. The Labute approximate surface area is 170 Å². The number of thiocarbonyl (C=S) groups is 1. The molecule has 0 spiro atoms. The Bertz CT molecular complexity index is 783. The van der Waals surface area contributed by atoms with Crippen LogP contribution in [0.1, 0.15) is 20.3 Å². The van der Waals surface area contributed by atoms with Gasteiger partial charge in [-0.2, -0.15) is 0 Å². The molecule has 0 fully saturated rings. The maximum Gasteiger partial charge on any atom is 0.246 e. The van der Waals surface area contributed by atoms with Crippen LogP contribution in [0.3, 0.4) is 0 Å². The number of ether oxygens (including phenoxy) is 1. The molecule has 0 unspecified atom stereocenters. The number of carbonyl (C=O) groups is 1. The lowest BCUT2D eigenvalue weighted by Gasteiger charge is -2.30. The molecule has 1 atom stereocenters. The average molecular weight is 406 g/mol. The van der Waals surface area contributed by atoms with E-state index in [9.17, 15) is 4.79 Å². The van der Waals surface area contributed by atoms with Crippen LogP contribution in [0.15, 0.2) is 48.5 Å². The van der Waals surface area contributed by atoms with Gasteiger partial charge in [-0.3, -0.25) is 4.79 Å². The summed E-state index contributed by atoms with van der Waals surface area (Å²) in [5, 5.41) is 7.14. The van der Waals surface area contributed by atoms with Crippen molar-refractivity contribution < 1.29 is 9.53 Å². The van der Waals surface area contributed by atoms with Gasteiger partial charge >= 0.3 is 0 Å². The lowest BCUT2D eigenvalue weighted by atomic mass is 10.2. The third kappa shape index (κ3) is 6.12. The van der Waals surface area contributed by atoms with Crippen LogP contribution in [0.2, 0.25) is 5.02 Å². The molecule has 0 aliphatic carbocycles. The van der Waals surface area contributed by atoms with Gasteiger partial charge in [-0.15, -0.1) is 0 Å². The Morgan fingerprint density at radius 2 is 1.89 bits per heavy atom. The minimum atomic E-state index is -0.442. The quantitative estimate of drug-likeness (QED) is 0.649. The number of rotatable bonds is 7. The van der Waals surface area contributed by atoms with Crippen molar-refractivity contribution in [2.75, 3.05) is 24.3 Å². The van der Waals surface area contributed by atoms with Crippen molar-refractivity contribution in [1.82, 2.24) is 4.90 Å². The average Bonchev–Trinajstić information content (AvgIpc) is 2.66. The molecule has 2 aromatic carbocycles. The second-order valence-electron chi connectivity index (χ2n) is 6.03. The molecule has 2 N–H and O–H groups in total. The first kappa shape index (κ1) is 21.0. The molecule has 2 aromatic rings. The highest BCUT2D eigenvalue weighted by molar-refractivity contribution is 7.80. The van der Waals surface area contributed by atoms with Gasteiger partial charge in [-0.25, -0.2) is 0 Å². The fourth-order valence-corrected chi connectivity index (χ4v) is 3.09. The Morgan fingerprint density at radius 3 is 2.48 bits per heavy atom. The standard InChI is InChI=1S/C20H24ClN3O2S/c1-4-12-24(20(27)23-16-8-10-18(26-3)11-9-16)14(2)19(25)22-17-7-5-6-15(21)13-17/h5-11,13-14H,4,12H2,1-3H3,(H,22,25)(H,23,27)/t14-/m1/s1. The van der Waals surface area contributed by atoms with E-state index in [-0.39, 0.29) is 5.91 Å². The van der Waals surface area contributed by atoms with E-state index in [4.69, 9.17) is 28.6 Å². The zero-order valence-electron chi connectivity index (χ0n) is 15.7. The zero-order chi connectivity index (χ0) is 19.8. The molecular weight excluding hydrogens is 382 g/mol. The first-order valence-corrected chi connectivity index (χ1v) is 9.51. The van der Waals surface area contributed by atoms with Gasteiger partial charge in [0.05, 0.1) is 7.11 Å². The molecule has 0 radical (unpaired) electrons. The Balaban J connectivity index is 2.06. The highest BCUT2D eigenvalue weighted by Gasteiger charge is 2.23. The van der Waals surface area contributed by atoms with E-state index in [1.807, 2.05) is 43.0 Å². The van der Waals surface area contributed by atoms with Gasteiger partial charge in [0.15, 0.2) is 5.11 Å². The van der Waals surface area contributed by atoms with Crippen molar-refractivity contribution in [2.24, 2.45) is 0 Å². The molecule has 0 aromatic heterocycles. The number of methoxy groups -OCH3 is 1. The number of hydrogen-bond acceptors (Lipinski definition) is 3. The molecule has 27 heavy (non-hydrogen) atoms. The van der Waals surface area contributed by atoms with Gasteiger partial charge in [-0.1, -0.05) is 24.6 Å². The number of nitrogens with one attached hydrogen (secondary N) is 2. The summed E-state index contributed by atoms with van der Waals surface area (Å²) in [6, 6.07) is 14.1. The van der Waals surface area contributed by atoms with Crippen molar-refractivity contribution in [2.45, 2.75) is 26.3 Å². The SMILES string of the molecule is CCCN(C(=S)Nc1ccc(OC)cc1)[C@H](C)C(=O)Nc1cccc(Cl)c1. The molecule has 0 bridgehead atoms. The Hall–Kier alpha value is -2.31. The summed E-state index contributed by atoms with van der Waals surface area (Å²) in [6.45, 7) is 4.54. The van der Waals surface area contributed by atoms with E-state index in [0.29, 0.717) is 22.4 Å². The van der Waals surface area contributed by atoms with Crippen LogP contribution in [0.4, 0.5) is 11.4 Å². The van der Waals surface area contributed by atoms with E-state index in [0.717, 1.165) is 17.9 Å². The van der Waals surface area contributed by atoms with Gasteiger partial charge in [-0.05, 0) is 68.0 Å². The van der Waals surface area contributed by atoms with Crippen molar-refractivity contribution in [3.63, 3.8) is 0 Å². The summed E-state index contributed by atoms with van der Waals surface area (Å²) in [4.78, 5) is 14.6. The first-order valence-electron chi connectivity index (χ1n) is 8.72. The number of nitrogens with zero attached hydrogens (tertiary/aromatic N) is 1. The second-order valence-corrected chi connectivity index (χ2v) is 6.85. The molecule has 5 nitrogen and oxygen atoms in total. The van der Waals surface area contributed by atoms with Crippen LogP contribution >= 0.6 is 23.8 Å². The normalized spacial score (nSPS) is 11.4. The van der Waals surface area contributed by atoms with Crippen molar-refractivity contribution in [1.29, 1.82) is 0 Å². The van der Waals surface area contributed by atoms with Crippen molar-refractivity contribution in [3.8, 4) is 5.75 Å². The third-order valence-electron chi connectivity index (χ3n) is 4.01. The fraction of sp³-hybridized carbons (Fsp3) is 0.300. The second kappa shape index (κ2) is 10.1. The van der Waals surface area contributed by atoms with Gasteiger partial charge < -0.3 is 20.3 Å². The van der Waals surface area contributed by atoms with Crippen LogP contribution in [-0.2, 0) is 4.79 Å². The predicted octanol–water partition coefficient (Wildman–Crippen LogP) is 4.78. The maximum absolute atomic E-state index is 12.7. The summed E-state index contributed by atoms with van der Waals surface area (Å²) in [6.07, 6.45) is 0.860. The summed E-state index contributed by atoms with van der Waals surface area (Å²) in [5.74, 6) is 0.621. The Kier molecular flexibility index (Phi) is 7.88. The van der Waals surface area contributed by atoms with Crippen LogP contribution in [0, 0.1) is 0 Å². The van der Waals surface area contributed by atoms with Crippen LogP contribution < -0.4 is 15.4 Å². The topological polar surface area (TPSA) is 53.6 Å². The van der Waals surface area contributed by atoms with Crippen LogP contribution in [-0.4, -0.2) is 35.6 Å². The smallest absolute Gasteiger partial charge is 0.246 e. The zero-order valence-corrected chi connectivity index (χ0v) is 17.2. The molecule has 2 rings (SSSR count). The van der Waals surface area contributed by atoms with Crippen molar-refractivity contribution >= 4 is 46.2 Å². The molecular formula is C20H24ClN3O2S. The first-order chi connectivity index (χ1) is 12.9. The van der Waals surface area contributed by atoms with Gasteiger partial charge in [0, 0.05) is 22.9 Å². The van der Waals surface area contributed by atoms with E-state index in [1.165, 1.54) is 0 Å². The fourth-order valence-electron chi connectivity index (χ4n) is 2.54. The van der Waals surface area contributed by atoms with E-state index >= 15 is 0 Å². The van der Waals surface area contributed by atoms with Crippen LogP contribution in [0.5, 0.6) is 5.75 Å². The number of amides is 1. The largest absolute Gasteiger partial charge is 0.497 e. The summed E-state index contributed by atoms with van der Waals surface area (Å²) in [7, 11) is 1.62. The number of hydrogen-bond donors (Lipinski definition) is 2. The number of halogens is 1. The van der Waals surface area contributed by atoms with E-state index in [2.05, 4.69) is 10.6 Å². The summed E-state index contributed by atoms with van der Waals surface area (Å²) in [5.41, 5.74) is 1.49. The molecule has 7 heteroatoms. The predicted molar refractivity (Wildman–Crippen MR) is 116 cm³/mol. The summed E-state index contributed by atoms with van der Waals surface area (Å²) >= 11 is 11.5. The van der Waals surface area contributed by atoms with Crippen molar-refractivity contribution in [3.05, 3.63) is 53.6 Å². The van der Waals surface area contributed by atoms with E-state index in [1.54, 1.807) is 31.4 Å². The minimum Gasteiger partial charge on any atom is -0.497 e. The minimum absolute atomic E-state index is 0.149. The van der Waals surface area contributed by atoms with Gasteiger partial charge in [0.1, 0.15) is 11.8 Å². The summed E-state index contributed by atoms with van der Waals surface area (Å²) < 4.78 is 5.16. The lowest BCUT2D eigenvalue weighted by Crippen LogP contribution is -2.47. The molecule has 1 amide bonds. The van der Waals surface area contributed by atoms with Gasteiger partial charge in [0.2, 0.25) is 5.91 Å². The molecule has 0 aliphatic heterocycles. The lowest BCUT2D eigenvalue weighted by molar-refractivity contribution is -0.119. The molecule has 0 saturated heterocycles. The monoisotopic (exact) mass is 405 g/mol. The number of carbonyl (C=O) groups excluding carboxylic acids is 1. The Morgan fingerprint density at radius 1 is 1.19 bits per heavy atom. The molecule has 144 valence electrons. The highest BCUT2D eigenvalue weighted by Crippen LogP contribution is 2.18. The maximum atomic E-state index is 12.7. The third-order valence-corrected chi connectivity index (χ3v) is 4.58. The molecule has 0 saturated carbocycles.